The lowest BCUT2D eigenvalue weighted by Gasteiger charge is -2.21. The molecule has 0 saturated heterocycles. The molecule has 0 unspecified atom stereocenters. The minimum atomic E-state index is -0.378. The van der Waals surface area contributed by atoms with Crippen LogP contribution in [0.3, 0.4) is 0 Å². The highest BCUT2D eigenvalue weighted by atomic mass is 31.1. The van der Waals surface area contributed by atoms with Gasteiger partial charge in [0.25, 0.3) is 0 Å². The van der Waals surface area contributed by atoms with Gasteiger partial charge < -0.3 is 0 Å². The van der Waals surface area contributed by atoms with Gasteiger partial charge in [-0.05, 0) is 44.1 Å². The number of benzene rings is 2. The molecule has 0 atom stereocenters. The zero-order valence-corrected chi connectivity index (χ0v) is 12.8. The van der Waals surface area contributed by atoms with E-state index in [2.05, 4.69) is 81.4 Å². The standard InChI is InChI=1S/C18H21P/c1-4-15(2)16(3)19(17-11-7-5-8-12-17)18-13-9-6-10-14-18/h5-14H,4H2,1-3H3. The molecule has 0 bridgehead atoms. The minimum Gasteiger partial charge on any atom is -0.0696 e. The highest BCUT2D eigenvalue weighted by Gasteiger charge is 2.16. The summed E-state index contributed by atoms with van der Waals surface area (Å²) in [5.74, 6) is 0. The highest BCUT2D eigenvalue weighted by Crippen LogP contribution is 2.44. The first kappa shape index (κ1) is 14.0. The summed E-state index contributed by atoms with van der Waals surface area (Å²) >= 11 is 0. The van der Waals surface area contributed by atoms with Gasteiger partial charge in [0.05, 0.1) is 0 Å². The van der Waals surface area contributed by atoms with Crippen LogP contribution in [-0.4, -0.2) is 0 Å². The summed E-state index contributed by atoms with van der Waals surface area (Å²) in [4.78, 5) is 0. The van der Waals surface area contributed by atoms with Gasteiger partial charge in [0.15, 0.2) is 0 Å². The molecule has 0 heterocycles. The predicted molar refractivity (Wildman–Crippen MR) is 87.7 cm³/mol. The van der Waals surface area contributed by atoms with Crippen LogP contribution in [-0.2, 0) is 0 Å². The molecule has 0 aliphatic rings. The maximum absolute atomic E-state index is 2.30. The lowest BCUT2D eigenvalue weighted by atomic mass is 10.2. The summed E-state index contributed by atoms with van der Waals surface area (Å²) in [5.41, 5.74) is 1.51. The predicted octanol–water partition coefficient (Wildman–Crippen LogP) is 4.82. The van der Waals surface area contributed by atoms with Crippen molar-refractivity contribution in [1.82, 2.24) is 0 Å². The normalized spacial score (nSPS) is 12.4. The van der Waals surface area contributed by atoms with E-state index in [0.717, 1.165) is 6.42 Å². The Morgan fingerprint density at radius 2 is 1.21 bits per heavy atom. The van der Waals surface area contributed by atoms with E-state index in [1.165, 1.54) is 21.5 Å². The van der Waals surface area contributed by atoms with Crippen LogP contribution >= 0.6 is 7.92 Å². The number of allylic oxidation sites excluding steroid dienone is 2. The van der Waals surface area contributed by atoms with Crippen molar-refractivity contribution < 1.29 is 0 Å². The van der Waals surface area contributed by atoms with Crippen molar-refractivity contribution >= 4 is 18.5 Å². The molecule has 2 rings (SSSR count). The molecule has 0 fully saturated rings. The molecular weight excluding hydrogens is 247 g/mol. The minimum absolute atomic E-state index is 0.378. The molecule has 0 nitrogen and oxygen atoms in total. The van der Waals surface area contributed by atoms with Crippen LogP contribution in [0.2, 0.25) is 0 Å². The van der Waals surface area contributed by atoms with Crippen molar-refractivity contribution in [3.8, 4) is 0 Å². The van der Waals surface area contributed by atoms with E-state index in [0.29, 0.717) is 0 Å². The summed E-state index contributed by atoms with van der Waals surface area (Å²) < 4.78 is 0. The smallest absolute Gasteiger partial charge is 0.0154 e. The summed E-state index contributed by atoms with van der Waals surface area (Å²) in [6, 6.07) is 21.8. The Balaban J connectivity index is 2.52. The van der Waals surface area contributed by atoms with Crippen LogP contribution in [0.5, 0.6) is 0 Å². The first-order valence-electron chi connectivity index (χ1n) is 6.80. The van der Waals surface area contributed by atoms with Gasteiger partial charge in [0, 0.05) is 0 Å². The van der Waals surface area contributed by atoms with Gasteiger partial charge in [-0.2, -0.15) is 0 Å². The number of rotatable bonds is 4. The topological polar surface area (TPSA) is 0 Å². The van der Waals surface area contributed by atoms with E-state index >= 15 is 0 Å². The summed E-state index contributed by atoms with van der Waals surface area (Å²) in [5, 5.41) is 4.41. The second kappa shape index (κ2) is 6.68. The second-order valence-corrected chi connectivity index (χ2v) is 7.10. The lowest BCUT2D eigenvalue weighted by Crippen LogP contribution is -2.12. The molecule has 0 aliphatic heterocycles. The molecule has 1 heteroatoms. The van der Waals surface area contributed by atoms with Gasteiger partial charge in [-0.25, -0.2) is 0 Å². The second-order valence-electron chi connectivity index (χ2n) is 4.73. The van der Waals surface area contributed by atoms with Gasteiger partial charge in [0.2, 0.25) is 0 Å². The van der Waals surface area contributed by atoms with Crippen LogP contribution < -0.4 is 10.6 Å². The van der Waals surface area contributed by atoms with Crippen LogP contribution in [0.15, 0.2) is 71.6 Å². The average molecular weight is 268 g/mol. The fourth-order valence-electron chi connectivity index (χ4n) is 2.14. The van der Waals surface area contributed by atoms with Crippen LogP contribution in [0.4, 0.5) is 0 Å². The van der Waals surface area contributed by atoms with Gasteiger partial charge in [-0.1, -0.05) is 73.2 Å². The fourth-order valence-corrected chi connectivity index (χ4v) is 4.69. The van der Waals surface area contributed by atoms with Crippen molar-refractivity contribution in [2.75, 3.05) is 0 Å². The first-order valence-corrected chi connectivity index (χ1v) is 8.14. The lowest BCUT2D eigenvalue weighted by molar-refractivity contribution is 1.08. The van der Waals surface area contributed by atoms with Crippen LogP contribution in [0.25, 0.3) is 0 Å². The molecule has 2 aromatic rings. The molecule has 0 radical (unpaired) electrons. The van der Waals surface area contributed by atoms with Gasteiger partial charge in [-0.3, -0.25) is 0 Å². The molecule has 0 aliphatic carbocycles. The summed E-state index contributed by atoms with van der Waals surface area (Å²) in [6.45, 7) is 6.80. The van der Waals surface area contributed by atoms with E-state index < -0.39 is 0 Å². The zero-order valence-electron chi connectivity index (χ0n) is 11.9. The SMILES string of the molecule is CCC(C)=C(C)P(c1ccccc1)c1ccccc1. The Labute approximate surface area is 117 Å². The van der Waals surface area contributed by atoms with Crippen LogP contribution in [0.1, 0.15) is 27.2 Å². The van der Waals surface area contributed by atoms with Crippen LogP contribution in [0, 0.1) is 0 Å². The third-order valence-electron chi connectivity index (χ3n) is 3.51. The van der Waals surface area contributed by atoms with Gasteiger partial charge in [0.1, 0.15) is 0 Å². The molecule has 0 aromatic heterocycles. The average Bonchev–Trinajstić information content (AvgIpc) is 2.49. The number of hydrogen-bond donors (Lipinski definition) is 0. The van der Waals surface area contributed by atoms with Gasteiger partial charge in [-0.15, -0.1) is 0 Å². The van der Waals surface area contributed by atoms with E-state index in [9.17, 15) is 0 Å². The van der Waals surface area contributed by atoms with Crippen molar-refractivity contribution in [1.29, 1.82) is 0 Å². The molecular formula is C18H21P. The zero-order chi connectivity index (χ0) is 13.7. The molecule has 0 N–H and O–H groups in total. The third kappa shape index (κ3) is 3.33. The Hall–Kier alpha value is -1.39. The van der Waals surface area contributed by atoms with Crippen molar-refractivity contribution in [3.05, 3.63) is 71.6 Å². The third-order valence-corrected chi connectivity index (χ3v) is 6.19. The van der Waals surface area contributed by atoms with Crippen molar-refractivity contribution in [2.24, 2.45) is 0 Å². The Morgan fingerprint density at radius 3 is 1.58 bits per heavy atom. The highest BCUT2D eigenvalue weighted by molar-refractivity contribution is 7.76. The molecule has 0 spiro atoms. The maximum atomic E-state index is 2.30. The monoisotopic (exact) mass is 268 g/mol. The van der Waals surface area contributed by atoms with E-state index in [4.69, 9.17) is 0 Å². The van der Waals surface area contributed by atoms with Crippen molar-refractivity contribution in [2.45, 2.75) is 27.2 Å². The largest absolute Gasteiger partial charge is 0.0696 e. The maximum Gasteiger partial charge on any atom is -0.0154 e. The molecule has 19 heavy (non-hydrogen) atoms. The quantitative estimate of drug-likeness (QED) is 0.697. The van der Waals surface area contributed by atoms with E-state index in [-0.39, 0.29) is 7.92 Å². The molecule has 0 amide bonds. The van der Waals surface area contributed by atoms with Crippen molar-refractivity contribution in [3.63, 3.8) is 0 Å². The Morgan fingerprint density at radius 1 is 0.789 bits per heavy atom. The number of hydrogen-bond acceptors (Lipinski definition) is 0. The van der Waals surface area contributed by atoms with E-state index in [1.54, 1.807) is 0 Å². The van der Waals surface area contributed by atoms with Gasteiger partial charge >= 0.3 is 0 Å². The molecule has 98 valence electrons. The Kier molecular flexibility index (Phi) is 4.93. The molecule has 0 saturated carbocycles. The fraction of sp³-hybridized carbons (Fsp3) is 0.222. The van der Waals surface area contributed by atoms with E-state index in [1.807, 2.05) is 0 Å². The molecule has 2 aromatic carbocycles. The first-order chi connectivity index (χ1) is 9.24. The summed E-state index contributed by atoms with van der Waals surface area (Å²) in [6.07, 6.45) is 1.13. The Bertz CT molecular complexity index is 501. The summed E-state index contributed by atoms with van der Waals surface area (Å²) in [7, 11) is -0.378.